The Hall–Kier alpha value is -5.12. The van der Waals surface area contributed by atoms with Crippen LogP contribution in [0.1, 0.15) is 42.7 Å². The molecule has 0 bridgehead atoms. The molecule has 2 atom stereocenters. The predicted octanol–water partition coefficient (Wildman–Crippen LogP) is 5.37. The average Bonchev–Trinajstić information content (AvgIpc) is 2.94. The summed E-state index contributed by atoms with van der Waals surface area (Å²) >= 11 is 0. The maximum atomic E-state index is 11.4. The van der Waals surface area contributed by atoms with Gasteiger partial charge in [-0.2, -0.15) is 0 Å². The van der Waals surface area contributed by atoms with Crippen LogP contribution in [0.4, 0.5) is 0 Å². The van der Waals surface area contributed by atoms with Gasteiger partial charge in [-0.1, -0.05) is 60.7 Å². The third-order valence-electron chi connectivity index (χ3n) is 6.46. The number of hydrogen-bond donors (Lipinski definition) is 4. The van der Waals surface area contributed by atoms with E-state index in [-0.39, 0.29) is 0 Å². The summed E-state index contributed by atoms with van der Waals surface area (Å²) in [5.74, 6) is -5.45. The number of benzene rings is 4. The van der Waals surface area contributed by atoms with Crippen molar-refractivity contribution in [3.05, 3.63) is 83.9 Å². The minimum absolute atomic E-state index is 0.451. The molecule has 4 aromatic rings. The fraction of sp³-hybridized carbons (Fsp3) is 0.226. The lowest BCUT2D eigenvalue weighted by Gasteiger charge is -2.16. The van der Waals surface area contributed by atoms with E-state index in [0.717, 1.165) is 10.8 Å². The number of carboxylic acids is 4. The van der Waals surface area contributed by atoms with Gasteiger partial charge >= 0.3 is 23.9 Å². The number of carbonyl (C=O) groups is 4. The molecule has 0 saturated heterocycles. The summed E-state index contributed by atoms with van der Waals surface area (Å²) in [5, 5.41) is 39.3. The number of rotatable bonds is 11. The molecule has 4 aromatic carbocycles. The first-order chi connectivity index (χ1) is 19.6. The number of ether oxygens (including phenoxy) is 2. The van der Waals surface area contributed by atoms with Crippen LogP contribution in [0.5, 0.6) is 11.5 Å². The van der Waals surface area contributed by atoms with E-state index in [1.54, 1.807) is 48.5 Å². The van der Waals surface area contributed by atoms with Crippen LogP contribution in [0.25, 0.3) is 21.5 Å². The van der Waals surface area contributed by atoms with Crippen molar-refractivity contribution >= 4 is 45.4 Å². The summed E-state index contributed by atoms with van der Waals surface area (Å²) < 4.78 is 10.8. The number of carboxylic acid groups (broad SMARTS) is 4. The van der Waals surface area contributed by atoms with Gasteiger partial charge in [0.1, 0.15) is 11.5 Å². The van der Waals surface area contributed by atoms with E-state index in [1.807, 2.05) is 31.2 Å². The normalized spacial score (nSPS) is 12.0. The molecule has 10 nitrogen and oxygen atoms in total. The molecule has 0 aliphatic heterocycles. The van der Waals surface area contributed by atoms with Crippen LogP contribution < -0.4 is 9.47 Å². The van der Waals surface area contributed by atoms with Crippen LogP contribution in [0, 0.1) is 0 Å². The molecule has 0 aromatic heterocycles. The first-order valence-corrected chi connectivity index (χ1v) is 12.7. The summed E-state index contributed by atoms with van der Waals surface area (Å²) in [6.45, 7) is 2.37. The Morgan fingerprint density at radius 1 is 0.610 bits per heavy atom. The maximum absolute atomic E-state index is 11.4. The van der Waals surface area contributed by atoms with Gasteiger partial charge in [0, 0.05) is 10.8 Å². The van der Waals surface area contributed by atoms with Crippen LogP contribution >= 0.6 is 0 Å². The quantitative estimate of drug-likeness (QED) is 0.186. The molecule has 4 rings (SSSR count). The molecular weight excluding hydrogens is 532 g/mol. The van der Waals surface area contributed by atoms with Gasteiger partial charge in [-0.05, 0) is 41.0 Å². The largest absolute Gasteiger partial charge is 0.496 e. The molecule has 0 radical (unpaired) electrons. The van der Waals surface area contributed by atoms with Gasteiger partial charge in [-0.3, -0.25) is 19.2 Å². The third kappa shape index (κ3) is 7.30. The van der Waals surface area contributed by atoms with Gasteiger partial charge in [0.05, 0.1) is 38.4 Å². The Bertz CT molecular complexity index is 1580. The smallest absolute Gasteiger partial charge is 0.311 e. The van der Waals surface area contributed by atoms with E-state index in [0.29, 0.717) is 40.0 Å². The van der Waals surface area contributed by atoms with Crippen molar-refractivity contribution in [2.45, 2.75) is 31.6 Å². The Labute approximate surface area is 235 Å². The molecule has 0 saturated carbocycles. The SMILES string of the molecule is CCOc1ccc(C(CC(=O)O)C(=O)O)c2ccccc12.COc1ccc(C(CC(=O)O)C(=O)O)c2ccccc12. The highest BCUT2D eigenvalue weighted by Gasteiger charge is 2.26. The zero-order chi connectivity index (χ0) is 30.1. The molecule has 0 heterocycles. The minimum atomic E-state index is -1.15. The van der Waals surface area contributed by atoms with Crippen LogP contribution in [0.15, 0.2) is 72.8 Å². The second-order valence-electron chi connectivity index (χ2n) is 9.01. The van der Waals surface area contributed by atoms with E-state index in [1.165, 1.54) is 7.11 Å². The van der Waals surface area contributed by atoms with E-state index < -0.39 is 48.6 Å². The highest BCUT2D eigenvalue weighted by atomic mass is 16.5. The standard InChI is InChI=1S/C16H16O5.C15H14O5/c1-2-21-14-8-7-11(10-5-3-4-6-12(10)14)13(16(19)20)9-15(17)18;1-20-13-7-6-10(9-4-2-3-5-11(9)13)12(15(18)19)8-14(16)17/h3-8,13H,2,9H2,1H3,(H,17,18)(H,19,20);2-7,12H,8H2,1H3,(H,16,17)(H,18,19). The molecule has 0 aliphatic rings. The lowest BCUT2D eigenvalue weighted by molar-refractivity contribution is -0.145. The van der Waals surface area contributed by atoms with Gasteiger partial charge in [-0.25, -0.2) is 0 Å². The number of aliphatic carboxylic acids is 4. The van der Waals surface area contributed by atoms with Crippen molar-refractivity contribution < 1.29 is 49.1 Å². The van der Waals surface area contributed by atoms with Crippen LogP contribution in [-0.4, -0.2) is 58.0 Å². The highest BCUT2D eigenvalue weighted by Crippen LogP contribution is 2.35. The van der Waals surface area contributed by atoms with Crippen LogP contribution in [0.2, 0.25) is 0 Å². The van der Waals surface area contributed by atoms with E-state index in [2.05, 4.69) is 0 Å². The zero-order valence-electron chi connectivity index (χ0n) is 22.4. The van der Waals surface area contributed by atoms with Crippen molar-refractivity contribution in [2.75, 3.05) is 13.7 Å². The fourth-order valence-electron chi connectivity index (χ4n) is 4.67. The number of fused-ring (bicyclic) bond motifs is 2. The Balaban J connectivity index is 0.000000226. The molecular formula is C31H30O10. The Kier molecular flexibility index (Phi) is 10.2. The minimum Gasteiger partial charge on any atom is -0.496 e. The summed E-state index contributed by atoms with van der Waals surface area (Å²) in [7, 11) is 1.54. The van der Waals surface area contributed by atoms with Crippen LogP contribution in [0.3, 0.4) is 0 Å². The maximum Gasteiger partial charge on any atom is 0.311 e. The second kappa shape index (κ2) is 13.8. The van der Waals surface area contributed by atoms with Crippen molar-refractivity contribution in [1.29, 1.82) is 0 Å². The highest BCUT2D eigenvalue weighted by molar-refractivity contribution is 5.96. The first-order valence-electron chi connectivity index (χ1n) is 12.7. The van der Waals surface area contributed by atoms with E-state index in [9.17, 15) is 29.4 Å². The number of hydrogen-bond acceptors (Lipinski definition) is 6. The molecule has 41 heavy (non-hydrogen) atoms. The number of methoxy groups -OCH3 is 1. The molecule has 2 unspecified atom stereocenters. The topological polar surface area (TPSA) is 168 Å². The molecule has 0 aliphatic carbocycles. The Morgan fingerprint density at radius 3 is 1.37 bits per heavy atom. The molecule has 0 amide bonds. The van der Waals surface area contributed by atoms with Crippen molar-refractivity contribution in [1.82, 2.24) is 0 Å². The van der Waals surface area contributed by atoms with Crippen LogP contribution in [-0.2, 0) is 19.2 Å². The molecule has 214 valence electrons. The zero-order valence-corrected chi connectivity index (χ0v) is 22.4. The van der Waals surface area contributed by atoms with Gasteiger partial charge in [0.25, 0.3) is 0 Å². The van der Waals surface area contributed by atoms with E-state index >= 15 is 0 Å². The van der Waals surface area contributed by atoms with E-state index in [4.69, 9.17) is 19.7 Å². The van der Waals surface area contributed by atoms with Crippen molar-refractivity contribution in [3.8, 4) is 11.5 Å². The summed E-state index contributed by atoms with van der Waals surface area (Å²) in [6.07, 6.45) is -0.904. The molecule has 0 fully saturated rings. The van der Waals surface area contributed by atoms with Crippen molar-refractivity contribution in [3.63, 3.8) is 0 Å². The average molecular weight is 563 g/mol. The van der Waals surface area contributed by atoms with Crippen molar-refractivity contribution in [2.24, 2.45) is 0 Å². The van der Waals surface area contributed by atoms with Gasteiger partial charge in [0.15, 0.2) is 0 Å². The summed E-state index contributed by atoms with van der Waals surface area (Å²) in [6, 6.07) is 21.0. The van der Waals surface area contributed by atoms with Gasteiger partial charge in [0.2, 0.25) is 0 Å². The second-order valence-corrected chi connectivity index (χ2v) is 9.01. The lowest BCUT2D eigenvalue weighted by atomic mass is 9.91. The molecule has 0 spiro atoms. The molecule has 10 heteroatoms. The monoisotopic (exact) mass is 562 g/mol. The first kappa shape index (κ1) is 30.4. The third-order valence-corrected chi connectivity index (χ3v) is 6.46. The predicted molar refractivity (Wildman–Crippen MR) is 151 cm³/mol. The molecule has 4 N–H and O–H groups in total. The summed E-state index contributed by atoms with van der Waals surface area (Å²) in [4.78, 5) is 44.5. The van der Waals surface area contributed by atoms with Gasteiger partial charge < -0.3 is 29.9 Å². The fourth-order valence-corrected chi connectivity index (χ4v) is 4.67. The lowest BCUT2D eigenvalue weighted by Crippen LogP contribution is -2.16. The van der Waals surface area contributed by atoms with Gasteiger partial charge in [-0.15, -0.1) is 0 Å². The summed E-state index contributed by atoms with van der Waals surface area (Å²) in [5.41, 5.74) is 0.972. The Morgan fingerprint density at radius 2 is 1.00 bits per heavy atom.